The van der Waals surface area contributed by atoms with Crippen molar-refractivity contribution in [2.75, 3.05) is 0 Å². The van der Waals surface area contributed by atoms with Crippen molar-refractivity contribution in [2.24, 2.45) is 0 Å². The van der Waals surface area contributed by atoms with Crippen molar-refractivity contribution in [1.29, 1.82) is 0 Å². The molecule has 0 aromatic rings. The van der Waals surface area contributed by atoms with Gasteiger partial charge in [0.2, 0.25) is 0 Å². The van der Waals surface area contributed by atoms with Crippen LogP contribution in [-0.4, -0.2) is 20.5 Å². The van der Waals surface area contributed by atoms with Crippen molar-refractivity contribution < 1.29 is 44.3 Å². The Morgan fingerprint density at radius 3 is 2.38 bits per heavy atom. The number of aliphatic carboxylic acids is 1. The van der Waals surface area contributed by atoms with E-state index < -0.39 is 15.7 Å². The molecule has 0 bridgehead atoms. The minimum Gasteiger partial charge on any atom is -0.550 e. The molecule has 8 heavy (non-hydrogen) atoms. The van der Waals surface area contributed by atoms with E-state index in [4.69, 9.17) is 4.80 Å². The van der Waals surface area contributed by atoms with Crippen LogP contribution in [0.4, 0.5) is 0 Å². The van der Waals surface area contributed by atoms with E-state index in [0.717, 1.165) is 0 Å². The molecule has 0 aliphatic rings. The van der Waals surface area contributed by atoms with Crippen molar-refractivity contribution in [3.8, 4) is 0 Å². The molecule has 0 spiro atoms. The molecule has 0 aliphatic heterocycles. The Morgan fingerprint density at radius 2 is 2.25 bits per heavy atom. The zero-order valence-corrected chi connectivity index (χ0v) is 8.30. The number of rotatable bonds is 3. The van der Waals surface area contributed by atoms with Crippen LogP contribution in [0.25, 0.3) is 0 Å². The van der Waals surface area contributed by atoms with Crippen LogP contribution in [0.5, 0.6) is 0 Å². The first kappa shape index (κ1) is 11.4. The monoisotopic (exact) mass is 142 g/mol. The third kappa shape index (κ3) is 9.82. The van der Waals surface area contributed by atoms with Gasteiger partial charge in [-0.25, -0.2) is 0 Å². The second-order valence-electron chi connectivity index (χ2n) is 1.20. The van der Waals surface area contributed by atoms with Gasteiger partial charge in [0.25, 0.3) is 0 Å². The maximum Gasteiger partial charge on any atom is 1.00 e. The third-order valence-corrected chi connectivity index (χ3v) is 1.21. The quantitative estimate of drug-likeness (QED) is 0.400. The van der Waals surface area contributed by atoms with Gasteiger partial charge in [-0.2, -0.15) is 0 Å². The van der Waals surface area contributed by atoms with E-state index in [1.54, 1.807) is 0 Å². The summed E-state index contributed by atoms with van der Waals surface area (Å²) < 4.78 is 0. The number of carboxylic acid groups (broad SMARTS) is 1. The molecule has 42 valence electrons. The molecule has 0 aliphatic carbocycles. The van der Waals surface area contributed by atoms with Crippen molar-refractivity contribution in [2.45, 2.75) is 12.5 Å². The fraction of sp³-hybridized carbons (Fsp3) is 0.667. The molecule has 0 rings (SSSR count). The summed E-state index contributed by atoms with van der Waals surface area (Å²) in [5.41, 5.74) is 0. The van der Waals surface area contributed by atoms with E-state index in [1.165, 1.54) is 0 Å². The molecular weight excluding hydrogens is 135 g/mol. The van der Waals surface area contributed by atoms with Gasteiger partial charge in [-0.15, -0.1) is 0 Å². The average Bonchev–Trinajstić information content (AvgIpc) is 1.61. The second-order valence-corrected chi connectivity index (χ2v) is 2.35. The summed E-state index contributed by atoms with van der Waals surface area (Å²) in [5.74, 6) is -1.07. The molecule has 1 N–H and O–H groups in total. The summed E-state index contributed by atoms with van der Waals surface area (Å²) in [5, 5.41) is 9.56. The zero-order chi connectivity index (χ0) is 5.70. The maximum atomic E-state index is 9.56. The summed E-state index contributed by atoms with van der Waals surface area (Å²) >= 11 is 0. The first-order valence-electron chi connectivity index (χ1n) is 2.08. The minimum absolute atomic E-state index is 0. The van der Waals surface area contributed by atoms with Gasteiger partial charge < -0.3 is 14.7 Å². The molecule has 0 saturated heterocycles. The summed E-state index contributed by atoms with van der Waals surface area (Å²) in [7, 11) is -1.05. The van der Waals surface area contributed by atoms with E-state index in [0.29, 0.717) is 6.04 Å². The van der Waals surface area contributed by atoms with Gasteiger partial charge in [-0.05, 0) is 12.5 Å². The standard InChI is InChI=1S/C3H8O3Si.Na/c4-3(5)1-2-7-6;/h6H,1-2,7H2,(H,4,5);/q;+1/p-1. The van der Waals surface area contributed by atoms with Gasteiger partial charge in [-0.1, -0.05) is 0 Å². The topological polar surface area (TPSA) is 60.4 Å². The Balaban J connectivity index is 0. The predicted octanol–water partition coefficient (Wildman–Crippen LogP) is -5.38. The van der Waals surface area contributed by atoms with E-state index >= 15 is 0 Å². The summed E-state index contributed by atoms with van der Waals surface area (Å²) in [6.45, 7) is 0. The van der Waals surface area contributed by atoms with Gasteiger partial charge in [0.1, 0.15) is 0 Å². The SMILES string of the molecule is O=C([O-])CC[SiH2]O.[Na+]. The van der Waals surface area contributed by atoms with Crippen LogP contribution in [0, 0.1) is 0 Å². The van der Waals surface area contributed by atoms with Crippen LogP contribution in [-0.2, 0) is 4.79 Å². The number of carboxylic acids is 1. The Morgan fingerprint density at radius 1 is 1.75 bits per heavy atom. The Hall–Kier alpha value is 0.647. The molecule has 0 aromatic carbocycles. The third-order valence-electron chi connectivity index (χ3n) is 0.539. The zero-order valence-electron chi connectivity index (χ0n) is 4.89. The fourth-order valence-corrected chi connectivity index (χ4v) is 0.670. The first-order valence-corrected chi connectivity index (χ1v) is 3.71. The van der Waals surface area contributed by atoms with E-state index in [2.05, 4.69) is 0 Å². The largest absolute Gasteiger partial charge is 1.00 e. The summed E-state index contributed by atoms with van der Waals surface area (Å²) in [6.07, 6.45) is 0.0166. The Labute approximate surface area is 72.3 Å². The number of carbonyl (C=O) groups is 1. The molecule has 0 saturated carbocycles. The summed E-state index contributed by atoms with van der Waals surface area (Å²) in [4.78, 5) is 17.7. The minimum atomic E-state index is -1.07. The van der Waals surface area contributed by atoms with E-state index in [1.807, 2.05) is 0 Å². The number of hydrogen-bond donors (Lipinski definition) is 1. The molecular formula is C3H7NaO3Si. The van der Waals surface area contributed by atoms with Crippen LogP contribution >= 0.6 is 0 Å². The molecule has 0 unspecified atom stereocenters. The number of carbonyl (C=O) groups excluding carboxylic acids is 1. The van der Waals surface area contributed by atoms with Crippen LogP contribution in [0.3, 0.4) is 0 Å². The molecule has 0 amide bonds. The van der Waals surface area contributed by atoms with Gasteiger partial charge in [-0.3, -0.25) is 0 Å². The van der Waals surface area contributed by atoms with Gasteiger partial charge >= 0.3 is 29.6 Å². The van der Waals surface area contributed by atoms with Crippen LogP contribution in [0.15, 0.2) is 0 Å². The van der Waals surface area contributed by atoms with E-state index in [-0.39, 0.29) is 36.0 Å². The molecule has 0 atom stereocenters. The van der Waals surface area contributed by atoms with Crippen molar-refractivity contribution >= 4 is 15.7 Å². The van der Waals surface area contributed by atoms with Crippen molar-refractivity contribution in [3.63, 3.8) is 0 Å². The predicted molar refractivity (Wildman–Crippen MR) is 25.2 cm³/mol. The van der Waals surface area contributed by atoms with Crippen molar-refractivity contribution in [1.82, 2.24) is 0 Å². The molecule has 0 radical (unpaired) electrons. The Kier molecular flexibility index (Phi) is 10.9. The van der Waals surface area contributed by atoms with Crippen molar-refractivity contribution in [3.05, 3.63) is 0 Å². The van der Waals surface area contributed by atoms with Gasteiger partial charge in [0.05, 0.1) is 0 Å². The average molecular weight is 142 g/mol. The second kappa shape index (κ2) is 7.65. The maximum absolute atomic E-state index is 9.56. The van der Waals surface area contributed by atoms with Crippen LogP contribution < -0.4 is 34.7 Å². The van der Waals surface area contributed by atoms with Crippen LogP contribution in [0.2, 0.25) is 6.04 Å². The molecule has 0 aromatic heterocycles. The van der Waals surface area contributed by atoms with Gasteiger partial charge in [0.15, 0.2) is 9.76 Å². The first-order chi connectivity index (χ1) is 3.27. The summed E-state index contributed by atoms with van der Waals surface area (Å²) in [6, 6.07) is 0.433. The molecule has 0 fully saturated rings. The van der Waals surface area contributed by atoms with Crippen LogP contribution in [0.1, 0.15) is 6.42 Å². The normalized spacial score (nSPS) is 9.12. The number of hydrogen-bond acceptors (Lipinski definition) is 3. The van der Waals surface area contributed by atoms with Gasteiger partial charge in [0, 0.05) is 5.97 Å². The van der Waals surface area contributed by atoms with E-state index in [9.17, 15) is 9.90 Å². The molecule has 5 heteroatoms. The molecule has 0 heterocycles. The molecule has 3 nitrogen and oxygen atoms in total. The fourth-order valence-electron chi connectivity index (χ4n) is 0.223. The Bertz CT molecular complexity index is 67.5. The smallest absolute Gasteiger partial charge is 0.550 e.